The van der Waals surface area contributed by atoms with Crippen molar-refractivity contribution in [2.24, 2.45) is 5.92 Å². The van der Waals surface area contributed by atoms with Crippen LogP contribution in [0, 0.1) is 18.7 Å². The molecule has 9 heteroatoms. The molecule has 1 fully saturated rings. The van der Waals surface area contributed by atoms with Crippen LogP contribution in [-0.2, 0) is 11.2 Å². The first kappa shape index (κ1) is 20.4. The van der Waals surface area contributed by atoms with Gasteiger partial charge < -0.3 is 15.0 Å². The lowest BCUT2D eigenvalue weighted by Gasteiger charge is -2.33. The molecule has 2 aromatic heterocycles. The normalized spacial score (nSPS) is 15.5. The van der Waals surface area contributed by atoms with Crippen molar-refractivity contribution >= 4 is 28.5 Å². The van der Waals surface area contributed by atoms with Gasteiger partial charge in [-0.15, -0.1) is 11.3 Å². The predicted molar refractivity (Wildman–Crippen MR) is 106 cm³/mol. The number of carbonyl (C=O) groups excluding carboxylic acids is 1. The minimum absolute atomic E-state index is 0.262. The third kappa shape index (κ3) is 5.60. The van der Waals surface area contributed by atoms with Gasteiger partial charge in [-0.05, 0) is 52.9 Å². The standard InChI is InChI=1S/C19H26FN5O2S/c1-12-10-22-17(28-12)24-16-21-11-14(20)15(23-16)9-13-5-7-25(8-6-13)18(26)27-19(2,3)4/h10-11,13H,5-9H2,1-4H3,(H,21,22,23,24). The van der Waals surface area contributed by atoms with Gasteiger partial charge in [0.15, 0.2) is 10.9 Å². The monoisotopic (exact) mass is 407 g/mol. The molecule has 0 aromatic carbocycles. The average Bonchev–Trinajstić information content (AvgIpc) is 3.02. The Morgan fingerprint density at radius 1 is 1.32 bits per heavy atom. The van der Waals surface area contributed by atoms with Crippen LogP contribution in [0.2, 0.25) is 0 Å². The van der Waals surface area contributed by atoms with Crippen molar-refractivity contribution < 1.29 is 13.9 Å². The summed E-state index contributed by atoms with van der Waals surface area (Å²) < 4.78 is 19.6. The minimum Gasteiger partial charge on any atom is -0.444 e. The number of halogens is 1. The number of likely N-dealkylation sites (tertiary alicyclic amines) is 1. The number of hydrogen-bond donors (Lipinski definition) is 1. The fourth-order valence-corrected chi connectivity index (χ4v) is 3.69. The Balaban J connectivity index is 1.57. The van der Waals surface area contributed by atoms with Crippen LogP contribution < -0.4 is 5.32 Å². The molecule has 0 aliphatic carbocycles. The predicted octanol–water partition coefficient (Wildman–Crippen LogP) is 4.31. The zero-order chi connectivity index (χ0) is 20.3. The number of thiazole rings is 1. The van der Waals surface area contributed by atoms with Gasteiger partial charge in [0.05, 0.1) is 11.9 Å². The van der Waals surface area contributed by atoms with E-state index in [1.54, 1.807) is 11.1 Å². The molecule has 2 aromatic rings. The summed E-state index contributed by atoms with van der Waals surface area (Å²) in [6.07, 6.45) is 4.76. The summed E-state index contributed by atoms with van der Waals surface area (Å²) in [5.41, 5.74) is -0.112. The summed E-state index contributed by atoms with van der Waals surface area (Å²) in [4.78, 5) is 27.5. The van der Waals surface area contributed by atoms with E-state index < -0.39 is 11.4 Å². The fourth-order valence-electron chi connectivity index (χ4n) is 3.03. The van der Waals surface area contributed by atoms with Gasteiger partial charge in [0.1, 0.15) is 5.60 Å². The van der Waals surface area contributed by atoms with Crippen LogP contribution in [0.4, 0.5) is 20.3 Å². The molecule has 0 bridgehead atoms. The maximum absolute atomic E-state index is 14.2. The molecule has 1 amide bonds. The summed E-state index contributed by atoms with van der Waals surface area (Å²) in [6, 6.07) is 0. The minimum atomic E-state index is -0.503. The molecule has 0 saturated carbocycles. The molecule has 3 heterocycles. The van der Waals surface area contributed by atoms with Gasteiger partial charge in [0, 0.05) is 24.2 Å². The smallest absolute Gasteiger partial charge is 0.410 e. The quantitative estimate of drug-likeness (QED) is 0.813. The van der Waals surface area contributed by atoms with Gasteiger partial charge >= 0.3 is 6.09 Å². The lowest BCUT2D eigenvalue weighted by molar-refractivity contribution is 0.0183. The highest BCUT2D eigenvalue weighted by molar-refractivity contribution is 7.15. The summed E-state index contributed by atoms with van der Waals surface area (Å²) >= 11 is 1.49. The van der Waals surface area contributed by atoms with E-state index >= 15 is 0 Å². The van der Waals surface area contributed by atoms with E-state index in [9.17, 15) is 9.18 Å². The van der Waals surface area contributed by atoms with Gasteiger partial charge in [-0.2, -0.15) is 0 Å². The largest absolute Gasteiger partial charge is 0.444 e. The molecule has 3 rings (SSSR count). The number of nitrogens with zero attached hydrogens (tertiary/aromatic N) is 4. The fraction of sp³-hybridized carbons (Fsp3) is 0.579. The Kier molecular flexibility index (Phi) is 6.12. The van der Waals surface area contributed by atoms with Crippen LogP contribution in [0.5, 0.6) is 0 Å². The summed E-state index contributed by atoms with van der Waals surface area (Å²) in [6.45, 7) is 8.74. The number of hydrogen-bond acceptors (Lipinski definition) is 7. The molecule has 0 spiro atoms. The van der Waals surface area contributed by atoms with E-state index in [-0.39, 0.29) is 12.0 Å². The number of nitrogens with one attached hydrogen (secondary N) is 1. The molecular weight excluding hydrogens is 381 g/mol. The Morgan fingerprint density at radius 2 is 2.04 bits per heavy atom. The first-order valence-corrected chi connectivity index (χ1v) is 10.2. The maximum atomic E-state index is 14.2. The Morgan fingerprint density at radius 3 is 2.64 bits per heavy atom. The van der Waals surface area contributed by atoms with Gasteiger partial charge in [-0.25, -0.2) is 24.1 Å². The first-order chi connectivity index (χ1) is 13.2. The zero-order valence-corrected chi connectivity index (χ0v) is 17.5. The second-order valence-corrected chi connectivity index (χ2v) is 9.24. The van der Waals surface area contributed by atoms with Crippen molar-refractivity contribution in [3.8, 4) is 0 Å². The van der Waals surface area contributed by atoms with E-state index in [0.29, 0.717) is 36.3 Å². The average molecular weight is 408 g/mol. The van der Waals surface area contributed by atoms with Crippen molar-refractivity contribution in [2.75, 3.05) is 18.4 Å². The highest BCUT2D eigenvalue weighted by Crippen LogP contribution is 2.25. The van der Waals surface area contributed by atoms with E-state index in [4.69, 9.17) is 4.74 Å². The number of anilines is 2. The molecule has 152 valence electrons. The van der Waals surface area contributed by atoms with E-state index in [1.165, 1.54) is 17.5 Å². The van der Waals surface area contributed by atoms with Crippen LogP contribution >= 0.6 is 11.3 Å². The number of rotatable bonds is 4. The molecule has 1 aliphatic heterocycles. The van der Waals surface area contributed by atoms with Crippen molar-refractivity contribution in [2.45, 2.75) is 52.6 Å². The number of aryl methyl sites for hydroxylation is 1. The molecule has 7 nitrogen and oxygen atoms in total. The van der Waals surface area contributed by atoms with Crippen LogP contribution in [0.3, 0.4) is 0 Å². The lowest BCUT2D eigenvalue weighted by Crippen LogP contribution is -2.42. The highest BCUT2D eigenvalue weighted by atomic mass is 32.1. The Bertz CT molecular complexity index is 828. The van der Waals surface area contributed by atoms with E-state index in [1.807, 2.05) is 27.7 Å². The second kappa shape index (κ2) is 8.38. The molecular formula is C19H26FN5O2S. The topological polar surface area (TPSA) is 80.2 Å². The number of piperidine rings is 1. The van der Waals surface area contributed by atoms with E-state index in [0.717, 1.165) is 17.7 Å². The molecule has 1 saturated heterocycles. The third-order valence-electron chi connectivity index (χ3n) is 4.40. The van der Waals surface area contributed by atoms with Crippen LogP contribution in [0.1, 0.15) is 44.2 Å². The van der Waals surface area contributed by atoms with Crippen molar-refractivity contribution in [3.05, 3.63) is 28.8 Å². The second-order valence-electron chi connectivity index (χ2n) is 8.00. The summed E-state index contributed by atoms with van der Waals surface area (Å²) in [5, 5.41) is 3.70. The van der Waals surface area contributed by atoms with Crippen molar-refractivity contribution in [1.29, 1.82) is 0 Å². The highest BCUT2D eigenvalue weighted by Gasteiger charge is 2.27. The van der Waals surface area contributed by atoms with E-state index in [2.05, 4.69) is 20.3 Å². The lowest BCUT2D eigenvalue weighted by atomic mass is 9.92. The summed E-state index contributed by atoms with van der Waals surface area (Å²) in [5.74, 6) is 0.199. The van der Waals surface area contributed by atoms with Gasteiger partial charge in [0.25, 0.3) is 0 Å². The molecule has 0 radical (unpaired) electrons. The molecule has 0 unspecified atom stereocenters. The van der Waals surface area contributed by atoms with Gasteiger partial charge in [-0.3, -0.25) is 0 Å². The molecule has 1 aliphatic rings. The zero-order valence-electron chi connectivity index (χ0n) is 16.7. The summed E-state index contributed by atoms with van der Waals surface area (Å²) in [7, 11) is 0. The first-order valence-electron chi connectivity index (χ1n) is 9.38. The molecule has 0 atom stereocenters. The molecule has 1 N–H and O–H groups in total. The maximum Gasteiger partial charge on any atom is 0.410 e. The number of carbonyl (C=O) groups is 1. The Hall–Kier alpha value is -2.29. The number of aromatic nitrogens is 3. The van der Waals surface area contributed by atoms with Crippen LogP contribution in [0.25, 0.3) is 0 Å². The van der Waals surface area contributed by atoms with Crippen molar-refractivity contribution in [1.82, 2.24) is 19.9 Å². The third-order valence-corrected chi connectivity index (χ3v) is 5.23. The van der Waals surface area contributed by atoms with Gasteiger partial charge in [-0.1, -0.05) is 0 Å². The number of amides is 1. The SMILES string of the molecule is Cc1cnc(Nc2ncc(F)c(CC3CCN(C(=O)OC(C)(C)C)CC3)n2)s1. The van der Waals surface area contributed by atoms with Crippen molar-refractivity contribution in [3.63, 3.8) is 0 Å². The van der Waals surface area contributed by atoms with Crippen LogP contribution in [0.15, 0.2) is 12.4 Å². The Labute approximate surface area is 168 Å². The van der Waals surface area contributed by atoms with Gasteiger partial charge in [0.2, 0.25) is 5.95 Å². The van der Waals surface area contributed by atoms with Crippen LogP contribution in [-0.4, -0.2) is 44.6 Å². The number of ether oxygens (including phenoxy) is 1. The molecule has 28 heavy (non-hydrogen) atoms.